The molecule has 8 aromatic rings. The van der Waals surface area contributed by atoms with Crippen molar-refractivity contribution in [1.82, 2.24) is 0 Å². The fourth-order valence-electron chi connectivity index (χ4n) is 5.55. The van der Waals surface area contributed by atoms with Crippen LogP contribution >= 0.6 is 0 Å². The van der Waals surface area contributed by atoms with E-state index in [9.17, 15) is 0 Å². The van der Waals surface area contributed by atoms with Crippen LogP contribution < -0.4 is 0 Å². The molecule has 1 radical (unpaired) electrons. The molecule has 0 atom stereocenters. The number of rotatable bonds is 1. The number of hydrogen-bond donors (Lipinski definition) is 0. The van der Waals surface area contributed by atoms with Crippen molar-refractivity contribution in [2.45, 2.75) is 0 Å². The van der Waals surface area contributed by atoms with Gasteiger partial charge in [-0.05, 0) is 44.5 Å². The zero-order chi connectivity index (χ0) is 23.6. The molecule has 37 heavy (non-hydrogen) atoms. The van der Waals surface area contributed by atoms with Crippen LogP contribution in [0.15, 0.2) is 121 Å². The van der Waals surface area contributed by atoms with Crippen LogP contribution in [-0.2, 0) is 32.7 Å². The van der Waals surface area contributed by atoms with E-state index in [4.69, 9.17) is 0 Å². The average molecular weight is 541 g/mol. The minimum atomic E-state index is 0. The SMILES string of the molecule is [Y].[c-]1c(-c2[c-]c3cc4cc5ccccc5cc4cc3cc2)ccc2cc3cc4ccccc4cc3cc12. The Hall–Kier alpha value is -3.58. The van der Waals surface area contributed by atoms with Gasteiger partial charge in [0.25, 0.3) is 0 Å². The summed E-state index contributed by atoms with van der Waals surface area (Å²) < 4.78 is 0. The molecule has 8 rings (SSSR count). The predicted octanol–water partition coefficient (Wildman–Crippen LogP) is 9.87. The third kappa shape index (κ3) is 3.84. The Morgan fingerprint density at radius 3 is 1.00 bits per heavy atom. The van der Waals surface area contributed by atoms with E-state index in [2.05, 4.69) is 133 Å². The van der Waals surface area contributed by atoms with Crippen molar-refractivity contribution in [3.05, 3.63) is 133 Å². The summed E-state index contributed by atoms with van der Waals surface area (Å²) in [6.45, 7) is 0. The maximum atomic E-state index is 3.68. The van der Waals surface area contributed by atoms with E-state index in [-0.39, 0.29) is 32.7 Å². The summed E-state index contributed by atoms with van der Waals surface area (Å²) in [6.07, 6.45) is 0. The van der Waals surface area contributed by atoms with Crippen molar-refractivity contribution in [1.29, 1.82) is 0 Å². The van der Waals surface area contributed by atoms with Gasteiger partial charge >= 0.3 is 0 Å². The topological polar surface area (TPSA) is 0 Å². The van der Waals surface area contributed by atoms with E-state index in [1.54, 1.807) is 0 Å². The quantitative estimate of drug-likeness (QED) is 0.143. The molecular formula is C36H20Y-2. The van der Waals surface area contributed by atoms with Gasteiger partial charge in [-0.25, -0.2) is 0 Å². The summed E-state index contributed by atoms with van der Waals surface area (Å²) in [5.74, 6) is 0. The first-order valence-electron chi connectivity index (χ1n) is 12.3. The fraction of sp³-hybridized carbons (Fsp3) is 0. The standard InChI is InChI=1S/C36H20.Y/c1-3-7-25-15-35-21-31-17-27(9-11-29(31)19-33(35)13-23(25)5-1)28-10-12-30-20-34-14-24-6-2-4-8-26(24)16-36(34)22-32(30)18-28;/h1-16,19-22H;/q-2;. The van der Waals surface area contributed by atoms with E-state index in [1.165, 1.54) is 53.9 Å². The summed E-state index contributed by atoms with van der Waals surface area (Å²) in [5, 5.41) is 14.8. The van der Waals surface area contributed by atoms with Gasteiger partial charge in [-0.2, -0.15) is 35.4 Å². The van der Waals surface area contributed by atoms with Gasteiger partial charge in [-0.1, -0.05) is 94.3 Å². The Labute approximate surface area is 240 Å². The molecule has 0 spiro atoms. The van der Waals surface area contributed by atoms with Crippen molar-refractivity contribution < 1.29 is 32.7 Å². The first-order chi connectivity index (χ1) is 17.8. The molecule has 0 N–H and O–H groups in total. The minimum absolute atomic E-state index is 0. The Morgan fingerprint density at radius 2 is 0.622 bits per heavy atom. The molecule has 0 unspecified atom stereocenters. The smallest absolute Gasteiger partial charge is 0 e. The molecular weight excluding hydrogens is 521 g/mol. The molecule has 0 saturated carbocycles. The third-order valence-corrected chi connectivity index (χ3v) is 7.43. The van der Waals surface area contributed by atoms with Crippen molar-refractivity contribution >= 4 is 64.6 Å². The van der Waals surface area contributed by atoms with E-state index in [0.717, 1.165) is 21.9 Å². The van der Waals surface area contributed by atoms with Crippen LogP contribution in [-0.4, -0.2) is 0 Å². The molecule has 0 bridgehead atoms. The van der Waals surface area contributed by atoms with Gasteiger partial charge in [0.2, 0.25) is 0 Å². The van der Waals surface area contributed by atoms with E-state index >= 15 is 0 Å². The van der Waals surface area contributed by atoms with Crippen LogP contribution in [0, 0.1) is 12.1 Å². The average Bonchev–Trinajstić information content (AvgIpc) is 2.92. The van der Waals surface area contributed by atoms with Gasteiger partial charge in [0.05, 0.1) is 0 Å². The molecule has 0 fully saturated rings. The monoisotopic (exact) mass is 541 g/mol. The number of benzene rings is 8. The van der Waals surface area contributed by atoms with Crippen LogP contribution in [0.3, 0.4) is 0 Å². The van der Waals surface area contributed by atoms with Gasteiger partial charge in [0.15, 0.2) is 0 Å². The van der Waals surface area contributed by atoms with Crippen molar-refractivity contribution in [2.24, 2.45) is 0 Å². The van der Waals surface area contributed by atoms with Gasteiger partial charge in [-0.3, -0.25) is 0 Å². The molecule has 0 aliphatic rings. The molecule has 0 heterocycles. The van der Waals surface area contributed by atoms with Crippen molar-refractivity contribution in [2.75, 3.05) is 0 Å². The molecule has 0 saturated heterocycles. The second kappa shape index (κ2) is 8.77. The van der Waals surface area contributed by atoms with Crippen molar-refractivity contribution in [3.63, 3.8) is 0 Å². The van der Waals surface area contributed by atoms with Gasteiger partial charge < -0.3 is 0 Å². The fourth-order valence-corrected chi connectivity index (χ4v) is 5.55. The molecule has 0 aliphatic carbocycles. The van der Waals surface area contributed by atoms with Gasteiger partial charge in [-0.15, -0.1) is 35.0 Å². The predicted molar refractivity (Wildman–Crippen MR) is 155 cm³/mol. The number of fused-ring (bicyclic) bond motifs is 6. The summed E-state index contributed by atoms with van der Waals surface area (Å²) in [4.78, 5) is 0. The van der Waals surface area contributed by atoms with Crippen LogP contribution in [0.4, 0.5) is 0 Å². The molecule has 169 valence electrons. The summed E-state index contributed by atoms with van der Waals surface area (Å²) in [6, 6.07) is 51.4. The Balaban J connectivity index is 0.00000231. The minimum Gasteiger partial charge on any atom is -0.183 e. The summed E-state index contributed by atoms with van der Waals surface area (Å²) in [5.41, 5.74) is 2.14. The third-order valence-electron chi connectivity index (χ3n) is 7.43. The van der Waals surface area contributed by atoms with E-state index in [1.807, 2.05) is 0 Å². The molecule has 8 aromatic carbocycles. The van der Waals surface area contributed by atoms with Crippen LogP contribution in [0.5, 0.6) is 0 Å². The second-order valence-electron chi connectivity index (χ2n) is 9.72. The van der Waals surface area contributed by atoms with Crippen molar-refractivity contribution in [3.8, 4) is 11.1 Å². The van der Waals surface area contributed by atoms with E-state index < -0.39 is 0 Å². The maximum absolute atomic E-state index is 3.68. The Bertz CT molecular complexity index is 2000. The van der Waals surface area contributed by atoms with E-state index in [0.29, 0.717) is 0 Å². The second-order valence-corrected chi connectivity index (χ2v) is 9.72. The maximum Gasteiger partial charge on any atom is 0 e. The molecule has 0 aliphatic heterocycles. The Morgan fingerprint density at radius 1 is 0.297 bits per heavy atom. The zero-order valence-corrected chi connectivity index (χ0v) is 23.0. The molecule has 0 nitrogen and oxygen atoms in total. The molecule has 1 heteroatoms. The Kier molecular flexibility index (Phi) is 5.36. The summed E-state index contributed by atoms with van der Waals surface area (Å²) in [7, 11) is 0. The normalized spacial score (nSPS) is 11.6. The largest absolute Gasteiger partial charge is 0.183 e. The van der Waals surface area contributed by atoms with Gasteiger partial charge in [0, 0.05) is 32.7 Å². The number of hydrogen-bond acceptors (Lipinski definition) is 0. The van der Waals surface area contributed by atoms with Crippen LogP contribution in [0.25, 0.3) is 75.8 Å². The first kappa shape index (κ1) is 22.6. The van der Waals surface area contributed by atoms with Crippen LogP contribution in [0.2, 0.25) is 0 Å². The molecule has 0 aromatic heterocycles. The van der Waals surface area contributed by atoms with Gasteiger partial charge in [0.1, 0.15) is 0 Å². The van der Waals surface area contributed by atoms with Crippen LogP contribution in [0.1, 0.15) is 0 Å². The first-order valence-corrected chi connectivity index (χ1v) is 12.3. The molecule has 0 amide bonds. The zero-order valence-electron chi connectivity index (χ0n) is 20.1. The summed E-state index contributed by atoms with van der Waals surface area (Å²) >= 11 is 0.